The minimum Gasteiger partial charge on any atom is -0.341 e. The number of benzene rings is 1. The number of pyridine rings is 1. The third kappa shape index (κ3) is 3.46. The van der Waals surface area contributed by atoms with E-state index in [-0.39, 0.29) is 5.91 Å². The van der Waals surface area contributed by atoms with Crippen molar-refractivity contribution in [2.45, 2.75) is 13.3 Å². The number of hydrogen-bond acceptors (Lipinski definition) is 3. The molecule has 0 saturated heterocycles. The zero-order valence-electron chi connectivity index (χ0n) is 12.2. The zero-order valence-corrected chi connectivity index (χ0v) is 12.2. The number of aromatic nitrogens is 1. The van der Waals surface area contributed by atoms with Gasteiger partial charge in [-0.15, -0.1) is 0 Å². The maximum atomic E-state index is 12.3. The smallest absolute Gasteiger partial charge is 0.255 e. The van der Waals surface area contributed by atoms with E-state index in [9.17, 15) is 4.79 Å². The molecule has 2 rings (SSSR count). The van der Waals surface area contributed by atoms with Crippen molar-refractivity contribution < 1.29 is 4.79 Å². The van der Waals surface area contributed by atoms with Gasteiger partial charge in [-0.25, -0.2) is 0 Å². The fourth-order valence-electron chi connectivity index (χ4n) is 2.08. The standard InChI is InChI=1S/C17H17N3O/c1-13-15(17(21)20(2)12-6-11-18)9-10-16(19-13)14-7-4-3-5-8-14/h3-5,7-10H,6,12H2,1-2H3. The molecule has 1 amide bonds. The van der Waals surface area contributed by atoms with Crippen LogP contribution in [0.3, 0.4) is 0 Å². The van der Waals surface area contributed by atoms with Gasteiger partial charge in [0.1, 0.15) is 0 Å². The fourth-order valence-corrected chi connectivity index (χ4v) is 2.08. The van der Waals surface area contributed by atoms with Crippen LogP contribution in [0.1, 0.15) is 22.5 Å². The fraction of sp³-hybridized carbons (Fsp3) is 0.235. The van der Waals surface area contributed by atoms with E-state index in [1.807, 2.05) is 49.4 Å². The highest BCUT2D eigenvalue weighted by Gasteiger charge is 2.15. The van der Waals surface area contributed by atoms with Gasteiger partial charge in [-0.2, -0.15) is 5.26 Å². The summed E-state index contributed by atoms with van der Waals surface area (Å²) in [5.41, 5.74) is 3.15. The second-order valence-electron chi connectivity index (χ2n) is 4.83. The van der Waals surface area contributed by atoms with Crippen LogP contribution >= 0.6 is 0 Å². The van der Waals surface area contributed by atoms with E-state index in [4.69, 9.17) is 5.26 Å². The maximum absolute atomic E-state index is 12.3. The van der Waals surface area contributed by atoms with Crippen molar-refractivity contribution in [3.05, 3.63) is 53.7 Å². The summed E-state index contributed by atoms with van der Waals surface area (Å²) in [6, 6.07) is 15.5. The third-order valence-electron chi connectivity index (χ3n) is 3.29. The minimum atomic E-state index is -0.102. The monoisotopic (exact) mass is 279 g/mol. The van der Waals surface area contributed by atoms with Gasteiger partial charge in [0.25, 0.3) is 5.91 Å². The highest BCUT2D eigenvalue weighted by molar-refractivity contribution is 5.95. The first-order chi connectivity index (χ1) is 10.1. The van der Waals surface area contributed by atoms with Crippen LogP contribution in [0.5, 0.6) is 0 Å². The van der Waals surface area contributed by atoms with Crippen molar-refractivity contribution in [1.82, 2.24) is 9.88 Å². The first kappa shape index (κ1) is 14.7. The van der Waals surface area contributed by atoms with Gasteiger partial charge in [-0.3, -0.25) is 9.78 Å². The van der Waals surface area contributed by atoms with Crippen LogP contribution in [-0.2, 0) is 0 Å². The van der Waals surface area contributed by atoms with Gasteiger partial charge in [0, 0.05) is 19.2 Å². The number of amides is 1. The second kappa shape index (κ2) is 6.67. The van der Waals surface area contributed by atoms with Crippen LogP contribution in [0, 0.1) is 18.3 Å². The summed E-state index contributed by atoms with van der Waals surface area (Å²) in [7, 11) is 1.70. The summed E-state index contributed by atoms with van der Waals surface area (Å²) in [6.07, 6.45) is 0.330. The molecule has 0 saturated carbocycles. The molecular weight excluding hydrogens is 262 g/mol. The minimum absolute atomic E-state index is 0.102. The Bertz CT molecular complexity index is 674. The number of carbonyl (C=O) groups excluding carboxylic acids is 1. The molecule has 0 aliphatic carbocycles. The van der Waals surface area contributed by atoms with E-state index in [1.165, 1.54) is 0 Å². The highest BCUT2D eigenvalue weighted by Crippen LogP contribution is 2.19. The number of rotatable bonds is 4. The molecule has 0 unspecified atom stereocenters. The van der Waals surface area contributed by atoms with E-state index in [0.717, 1.165) is 11.3 Å². The molecule has 0 spiro atoms. The predicted octanol–water partition coefficient (Wildman–Crippen LogP) is 3.04. The maximum Gasteiger partial charge on any atom is 0.255 e. The SMILES string of the molecule is Cc1nc(-c2ccccc2)ccc1C(=O)N(C)CCC#N. The summed E-state index contributed by atoms with van der Waals surface area (Å²) < 4.78 is 0. The molecule has 4 heteroatoms. The van der Waals surface area contributed by atoms with Gasteiger partial charge < -0.3 is 4.90 Å². The molecule has 1 aromatic heterocycles. The van der Waals surface area contributed by atoms with Gasteiger partial charge in [0.2, 0.25) is 0 Å². The van der Waals surface area contributed by atoms with Gasteiger partial charge in [0.15, 0.2) is 0 Å². The molecule has 0 radical (unpaired) electrons. The lowest BCUT2D eigenvalue weighted by Gasteiger charge is -2.16. The summed E-state index contributed by atoms with van der Waals surface area (Å²) in [4.78, 5) is 18.4. The Labute approximate surface area is 124 Å². The number of hydrogen-bond donors (Lipinski definition) is 0. The second-order valence-corrected chi connectivity index (χ2v) is 4.83. The van der Waals surface area contributed by atoms with E-state index in [2.05, 4.69) is 4.98 Å². The topological polar surface area (TPSA) is 57.0 Å². The van der Waals surface area contributed by atoms with Gasteiger partial charge in [0.05, 0.1) is 29.4 Å². The molecule has 4 nitrogen and oxygen atoms in total. The van der Waals surface area contributed by atoms with Gasteiger partial charge >= 0.3 is 0 Å². The van der Waals surface area contributed by atoms with Crippen LogP contribution in [-0.4, -0.2) is 29.4 Å². The lowest BCUT2D eigenvalue weighted by molar-refractivity contribution is 0.0797. The summed E-state index contributed by atoms with van der Waals surface area (Å²) >= 11 is 0. The molecule has 0 fully saturated rings. The molecule has 2 aromatic rings. The normalized spacial score (nSPS) is 9.95. The Kier molecular flexibility index (Phi) is 4.68. The van der Waals surface area contributed by atoms with Crippen molar-refractivity contribution in [2.75, 3.05) is 13.6 Å². The Balaban J connectivity index is 2.24. The van der Waals surface area contributed by atoms with Gasteiger partial charge in [-0.05, 0) is 19.1 Å². The van der Waals surface area contributed by atoms with Crippen molar-refractivity contribution in [3.8, 4) is 17.3 Å². The Morgan fingerprint density at radius 1 is 1.24 bits per heavy atom. The van der Waals surface area contributed by atoms with Gasteiger partial charge in [-0.1, -0.05) is 30.3 Å². The van der Waals surface area contributed by atoms with E-state index in [0.29, 0.717) is 24.2 Å². The molecule has 0 atom stereocenters. The number of aryl methyl sites for hydroxylation is 1. The molecule has 0 N–H and O–H groups in total. The lowest BCUT2D eigenvalue weighted by Crippen LogP contribution is -2.28. The largest absolute Gasteiger partial charge is 0.341 e. The van der Waals surface area contributed by atoms with E-state index >= 15 is 0 Å². The number of nitrogens with zero attached hydrogens (tertiary/aromatic N) is 3. The van der Waals surface area contributed by atoms with Crippen LogP contribution in [0.2, 0.25) is 0 Å². The molecule has 1 heterocycles. The first-order valence-electron chi connectivity index (χ1n) is 6.79. The average Bonchev–Trinajstić information content (AvgIpc) is 2.52. The molecule has 1 aromatic carbocycles. The van der Waals surface area contributed by atoms with E-state index < -0.39 is 0 Å². The first-order valence-corrected chi connectivity index (χ1v) is 6.79. The van der Waals surface area contributed by atoms with Crippen LogP contribution < -0.4 is 0 Å². The van der Waals surface area contributed by atoms with E-state index in [1.54, 1.807) is 18.0 Å². The summed E-state index contributed by atoms with van der Waals surface area (Å²) in [6.45, 7) is 2.26. The molecule has 106 valence electrons. The number of carbonyl (C=O) groups is 1. The van der Waals surface area contributed by atoms with Crippen LogP contribution in [0.25, 0.3) is 11.3 Å². The average molecular weight is 279 g/mol. The van der Waals surface area contributed by atoms with Crippen LogP contribution in [0.15, 0.2) is 42.5 Å². The molecule has 0 aliphatic heterocycles. The Morgan fingerprint density at radius 3 is 2.57 bits per heavy atom. The molecule has 21 heavy (non-hydrogen) atoms. The van der Waals surface area contributed by atoms with Crippen LogP contribution in [0.4, 0.5) is 0 Å². The quantitative estimate of drug-likeness (QED) is 0.864. The lowest BCUT2D eigenvalue weighted by atomic mass is 10.1. The Morgan fingerprint density at radius 2 is 1.95 bits per heavy atom. The third-order valence-corrected chi connectivity index (χ3v) is 3.29. The van der Waals surface area contributed by atoms with Crippen molar-refractivity contribution in [2.24, 2.45) is 0 Å². The van der Waals surface area contributed by atoms with Crippen molar-refractivity contribution >= 4 is 5.91 Å². The van der Waals surface area contributed by atoms with Crippen molar-refractivity contribution in [3.63, 3.8) is 0 Å². The number of nitriles is 1. The van der Waals surface area contributed by atoms with Crippen molar-refractivity contribution in [1.29, 1.82) is 5.26 Å². The molecule has 0 bridgehead atoms. The molecule has 0 aliphatic rings. The Hall–Kier alpha value is -2.67. The highest BCUT2D eigenvalue weighted by atomic mass is 16.2. The molecular formula is C17H17N3O. The predicted molar refractivity (Wildman–Crippen MR) is 81.6 cm³/mol. The zero-order chi connectivity index (χ0) is 15.2. The summed E-state index contributed by atoms with van der Waals surface area (Å²) in [5, 5.41) is 8.58. The summed E-state index contributed by atoms with van der Waals surface area (Å²) in [5.74, 6) is -0.102.